The number of carbonyl (C=O) groups excluding carboxylic acids is 1. The minimum atomic E-state index is -0.454. The summed E-state index contributed by atoms with van der Waals surface area (Å²) >= 11 is 3.37. The minimum absolute atomic E-state index is 0.193. The zero-order chi connectivity index (χ0) is 16.4. The molecule has 1 aromatic carbocycles. The number of anilines is 1. The molecular formula is C15H24BrN4O2+. The molecule has 1 aromatic rings. The van der Waals surface area contributed by atoms with Crippen molar-refractivity contribution in [1.29, 1.82) is 0 Å². The second-order valence-electron chi connectivity index (χ2n) is 5.02. The third-order valence-corrected chi connectivity index (χ3v) is 3.27. The Balaban J connectivity index is 2.58. The molecule has 0 bridgehead atoms. The van der Waals surface area contributed by atoms with Gasteiger partial charge in [-0.15, -0.1) is 0 Å². The highest BCUT2D eigenvalue weighted by Gasteiger charge is 2.12. The number of nitrogens with zero attached hydrogens (tertiary/aromatic N) is 1. The van der Waals surface area contributed by atoms with Crippen molar-refractivity contribution in [3.05, 3.63) is 28.7 Å². The lowest BCUT2D eigenvalue weighted by Gasteiger charge is -2.12. The third kappa shape index (κ3) is 7.42. The molecule has 122 valence electrons. The van der Waals surface area contributed by atoms with Gasteiger partial charge in [0.05, 0.1) is 32.9 Å². The van der Waals surface area contributed by atoms with Crippen LogP contribution in [0.3, 0.4) is 0 Å². The molecule has 1 rings (SSSR count). The van der Waals surface area contributed by atoms with E-state index in [1.807, 2.05) is 24.3 Å². The number of hydrazine groups is 1. The van der Waals surface area contributed by atoms with Crippen LogP contribution in [0.1, 0.15) is 13.3 Å². The molecular weight excluding hydrogens is 348 g/mol. The smallest absolute Gasteiger partial charge is 0.375 e. The van der Waals surface area contributed by atoms with Crippen LogP contribution in [0.5, 0.6) is 0 Å². The SMILES string of the molecule is CCOC(=O)C(=NCCC[NH+](C)C)NNc1ccc(Br)cc1. The van der Waals surface area contributed by atoms with Crippen molar-refractivity contribution in [2.24, 2.45) is 4.99 Å². The number of halogens is 1. The maximum absolute atomic E-state index is 11.9. The first-order valence-electron chi connectivity index (χ1n) is 7.31. The van der Waals surface area contributed by atoms with E-state index in [1.54, 1.807) is 6.92 Å². The zero-order valence-electron chi connectivity index (χ0n) is 13.3. The first kappa shape index (κ1) is 18.4. The lowest BCUT2D eigenvalue weighted by atomic mass is 10.3. The molecule has 0 radical (unpaired) electrons. The molecule has 0 spiro atoms. The molecule has 6 nitrogen and oxygen atoms in total. The van der Waals surface area contributed by atoms with Gasteiger partial charge >= 0.3 is 5.97 Å². The van der Waals surface area contributed by atoms with Crippen LogP contribution in [-0.4, -0.2) is 45.6 Å². The number of nitrogens with one attached hydrogen (secondary N) is 3. The molecule has 0 aliphatic heterocycles. The van der Waals surface area contributed by atoms with Crippen LogP contribution in [0.2, 0.25) is 0 Å². The minimum Gasteiger partial charge on any atom is -0.460 e. The van der Waals surface area contributed by atoms with Gasteiger partial charge in [0.15, 0.2) is 0 Å². The molecule has 0 aromatic heterocycles. The Morgan fingerprint density at radius 3 is 2.59 bits per heavy atom. The number of quaternary nitrogens is 1. The molecule has 0 aliphatic rings. The van der Waals surface area contributed by atoms with E-state index < -0.39 is 5.97 Å². The summed E-state index contributed by atoms with van der Waals surface area (Å²) in [4.78, 5) is 17.5. The monoisotopic (exact) mass is 371 g/mol. The molecule has 0 heterocycles. The fourth-order valence-corrected chi connectivity index (χ4v) is 1.91. The molecule has 0 saturated heterocycles. The second-order valence-corrected chi connectivity index (χ2v) is 5.93. The van der Waals surface area contributed by atoms with Crippen LogP contribution in [0.25, 0.3) is 0 Å². The van der Waals surface area contributed by atoms with Gasteiger partial charge in [-0.2, -0.15) is 0 Å². The lowest BCUT2D eigenvalue weighted by Crippen LogP contribution is -3.05. The summed E-state index contributed by atoms with van der Waals surface area (Å²) in [6.45, 7) is 3.67. The van der Waals surface area contributed by atoms with Crippen molar-refractivity contribution < 1.29 is 14.4 Å². The molecule has 22 heavy (non-hydrogen) atoms. The highest BCUT2D eigenvalue weighted by molar-refractivity contribution is 9.10. The number of hydrogen-bond acceptors (Lipinski definition) is 4. The topological polar surface area (TPSA) is 67.2 Å². The molecule has 0 aliphatic carbocycles. The highest BCUT2D eigenvalue weighted by Crippen LogP contribution is 2.13. The molecule has 0 unspecified atom stereocenters. The first-order valence-corrected chi connectivity index (χ1v) is 8.10. The fourth-order valence-electron chi connectivity index (χ4n) is 1.64. The van der Waals surface area contributed by atoms with Crippen molar-refractivity contribution >= 4 is 33.4 Å². The van der Waals surface area contributed by atoms with Crippen molar-refractivity contribution in [2.45, 2.75) is 13.3 Å². The average molecular weight is 372 g/mol. The van der Waals surface area contributed by atoms with Crippen LogP contribution in [-0.2, 0) is 9.53 Å². The molecule has 0 saturated carbocycles. The van der Waals surface area contributed by atoms with E-state index >= 15 is 0 Å². The van der Waals surface area contributed by atoms with E-state index in [4.69, 9.17) is 4.74 Å². The van der Waals surface area contributed by atoms with Crippen LogP contribution >= 0.6 is 15.9 Å². The van der Waals surface area contributed by atoms with E-state index in [0.29, 0.717) is 13.2 Å². The summed E-state index contributed by atoms with van der Waals surface area (Å²) in [7, 11) is 4.17. The summed E-state index contributed by atoms with van der Waals surface area (Å²) < 4.78 is 5.99. The largest absolute Gasteiger partial charge is 0.460 e. The predicted molar refractivity (Wildman–Crippen MR) is 92.1 cm³/mol. The second kappa shape index (κ2) is 10.2. The van der Waals surface area contributed by atoms with Gasteiger partial charge in [-0.3, -0.25) is 15.8 Å². The average Bonchev–Trinajstić information content (AvgIpc) is 2.48. The molecule has 7 heteroatoms. The van der Waals surface area contributed by atoms with Gasteiger partial charge in [0.25, 0.3) is 0 Å². The Morgan fingerprint density at radius 1 is 1.32 bits per heavy atom. The van der Waals surface area contributed by atoms with Crippen LogP contribution in [0.15, 0.2) is 33.7 Å². The molecule has 0 amide bonds. The Morgan fingerprint density at radius 2 is 2.00 bits per heavy atom. The summed E-state index contributed by atoms with van der Waals surface area (Å²) in [5, 5.41) is 0. The van der Waals surface area contributed by atoms with Crippen LogP contribution in [0, 0.1) is 0 Å². The standard InChI is InChI=1S/C15H23BrN4O2/c1-4-22-15(21)14(17-10-5-11-20(2)3)19-18-13-8-6-12(16)7-9-13/h6-9,18H,4-5,10-11H2,1-3H3,(H,17,19)/p+1. The lowest BCUT2D eigenvalue weighted by molar-refractivity contribution is -0.858. The highest BCUT2D eigenvalue weighted by atomic mass is 79.9. The van der Waals surface area contributed by atoms with Crippen molar-refractivity contribution in [3.8, 4) is 0 Å². The number of ether oxygens (including phenoxy) is 1. The van der Waals surface area contributed by atoms with E-state index in [0.717, 1.165) is 23.1 Å². The Hall–Kier alpha value is -1.60. The molecule has 3 N–H and O–H groups in total. The number of aliphatic imine (C=N–C) groups is 1. The van der Waals surface area contributed by atoms with Crippen molar-refractivity contribution in [1.82, 2.24) is 5.43 Å². The van der Waals surface area contributed by atoms with Gasteiger partial charge in [-0.05, 0) is 31.2 Å². The Bertz CT molecular complexity index is 489. The van der Waals surface area contributed by atoms with Crippen molar-refractivity contribution in [3.63, 3.8) is 0 Å². The summed E-state index contributed by atoms with van der Waals surface area (Å²) in [5.74, 6) is -0.261. The third-order valence-electron chi connectivity index (χ3n) is 2.74. The number of hydrogen-bond donors (Lipinski definition) is 3. The Kier molecular flexibility index (Phi) is 8.54. The number of rotatable bonds is 7. The summed E-state index contributed by atoms with van der Waals surface area (Å²) in [6, 6.07) is 7.58. The van der Waals surface area contributed by atoms with E-state index in [2.05, 4.69) is 45.9 Å². The zero-order valence-corrected chi connectivity index (χ0v) is 14.9. The van der Waals surface area contributed by atoms with Gasteiger partial charge in [-0.1, -0.05) is 15.9 Å². The number of amidine groups is 1. The van der Waals surface area contributed by atoms with Crippen LogP contribution < -0.4 is 15.8 Å². The molecule has 0 atom stereocenters. The van der Waals surface area contributed by atoms with Gasteiger partial charge in [0.1, 0.15) is 0 Å². The number of benzene rings is 1. The first-order chi connectivity index (χ1) is 10.5. The fraction of sp³-hybridized carbons (Fsp3) is 0.467. The van der Waals surface area contributed by atoms with Gasteiger partial charge < -0.3 is 9.64 Å². The molecule has 0 fully saturated rings. The van der Waals surface area contributed by atoms with E-state index in [9.17, 15) is 4.79 Å². The summed E-state index contributed by atoms with van der Waals surface area (Å²) in [6.07, 6.45) is 0.908. The van der Waals surface area contributed by atoms with Gasteiger partial charge in [0.2, 0.25) is 5.84 Å². The van der Waals surface area contributed by atoms with E-state index in [-0.39, 0.29) is 5.84 Å². The maximum atomic E-state index is 11.9. The number of carbonyl (C=O) groups is 1. The number of esters is 1. The summed E-state index contributed by atoms with van der Waals surface area (Å²) in [5.41, 5.74) is 6.62. The van der Waals surface area contributed by atoms with Crippen molar-refractivity contribution in [2.75, 3.05) is 39.2 Å². The quantitative estimate of drug-likeness (QED) is 0.218. The van der Waals surface area contributed by atoms with Gasteiger partial charge in [-0.25, -0.2) is 4.79 Å². The maximum Gasteiger partial charge on any atom is 0.375 e. The van der Waals surface area contributed by atoms with E-state index in [1.165, 1.54) is 4.90 Å². The predicted octanol–water partition coefficient (Wildman–Crippen LogP) is 0.862. The van der Waals surface area contributed by atoms with Gasteiger partial charge in [0, 0.05) is 17.4 Å². The Labute approximate surface area is 140 Å². The van der Waals surface area contributed by atoms with Crippen LogP contribution in [0.4, 0.5) is 5.69 Å². The normalized spacial score (nSPS) is 11.4.